The topological polar surface area (TPSA) is 24.1 Å². The average Bonchev–Trinajstić information content (AvgIpc) is 2.43. The second-order valence-electron chi connectivity index (χ2n) is 4.42. The maximum atomic E-state index is 6.10. The lowest BCUT2D eigenvalue weighted by Crippen LogP contribution is -2.13. The molecule has 0 spiro atoms. The summed E-state index contributed by atoms with van der Waals surface area (Å²) in [7, 11) is 0. The minimum atomic E-state index is 0.549. The van der Waals surface area contributed by atoms with Gasteiger partial charge in [-0.05, 0) is 36.8 Å². The van der Waals surface area contributed by atoms with E-state index in [2.05, 4.69) is 10.6 Å². The third-order valence-electron chi connectivity index (χ3n) is 2.89. The first-order valence-corrected chi connectivity index (χ1v) is 7.39. The van der Waals surface area contributed by atoms with Gasteiger partial charge in [0.1, 0.15) is 0 Å². The Morgan fingerprint density at radius 3 is 2.40 bits per heavy atom. The Balaban J connectivity index is 1.84. The van der Waals surface area contributed by atoms with Crippen LogP contribution in [0, 0.1) is 6.92 Å². The smallest absolute Gasteiger partial charge is 0.0823 e. The van der Waals surface area contributed by atoms with Crippen molar-refractivity contribution in [3.05, 3.63) is 57.0 Å². The summed E-state index contributed by atoms with van der Waals surface area (Å²) in [5, 5.41) is 8.40. The van der Waals surface area contributed by atoms with Crippen molar-refractivity contribution in [2.45, 2.75) is 6.92 Å². The Kier molecular flexibility index (Phi) is 5.41. The van der Waals surface area contributed by atoms with Crippen molar-refractivity contribution in [1.82, 2.24) is 0 Å². The molecule has 106 valence electrons. The minimum Gasteiger partial charge on any atom is -0.383 e. The van der Waals surface area contributed by atoms with E-state index >= 15 is 0 Å². The molecule has 0 saturated heterocycles. The molecule has 0 bridgehead atoms. The van der Waals surface area contributed by atoms with E-state index < -0.39 is 0 Å². The van der Waals surface area contributed by atoms with E-state index in [1.807, 2.05) is 37.3 Å². The summed E-state index contributed by atoms with van der Waals surface area (Å²) >= 11 is 18.1. The highest BCUT2D eigenvalue weighted by Gasteiger charge is 2.03. The standard InChI is InChI=1S/C15H15Cl3N2/c1-10-5-6-11(9-13(10)17)19-7-8-20-14-4-2-3-12(16)15(14)18/h2-6,9,19-20H,7-8H2,1H3. The monoisotopic (exact) mass is 328 g/mol. The number of aryl methyl sites for hydroxylation is 1. The Bertz CT molecular complexity index is 600. The van der Waals surface area contributed by atoms with Crippen LogP contribution in [0.3, 0.4) is 0 Å². The number of hydrogen-bond acceptors (Lipinski definition) is 2. The molecule has 0 unspecified atom stereocenters. The van der Waals surface area contributed by atoms with Gasteiger partial charge in [-0.25, -0.2) is 0 Å². The Labute approximate surface area is 134 Å². The second kappa shape index (κ2) is 7.07. The summed E-state index contributed by atoms with van der Waals surface area (Å²) in [4.78, 5) is 0. The molecule has 20 heavy (non-hydrogen) atoms. The molecule has 0 amide bonds. The van der Waals surface area contributed by atoms with E-state index in [1.54, 1.807) is 6.07 Å². The number of hydrogen-bond donors (Lipinski definition) is 2. The van der Waals surface area contributed by atoms with Crippen LogP contribution in [0.1, 0.15) is 5.56 Å². The van der Waals surface area contributed by atoms with Gasteiger partial charge >= 0.3 is 0 Å². The van der Waals surface area contributed by atoms with Crippen LogP contribution in [0.2, 0.25) is 15.1 Å². The molecule has 2 aromatic carbocycles. The zero-order valence-electron chi connectivity index (χ0n) is 11.0. The molecular formula is C15H15Cl3N2. The van der Waals surface area contributed by atoms with Gasteiger partial charge in [-0.15, -0.1) is 0 Å². The van der Waals surface area contributed by atoms with Crippen molar-refractivity contribution in [3.63, 3.8) is 0 Å². The summed E-state index contributed by atoms with van der Waals surface area (Å²) in [6.07, 6.45) is 0. The first kappa shape index (κ1) is 15.3. The first-order chi connectivity index (χ1) is 9.58. The van der Waals surface area contributed by atoms with Crippen molar-refractivity contribution in [3.8, 4) is 0 Å². The molecule has 0 atom stereocenters. The molecule has 2 aromatic rings. The molecule has 0 aliphatic heterocycles. The maximum Gasteiger partial charge on any atom is 0.0823 e. The van der Waals surface area contributed by atoms with Gasteiger partial charge < -0.3 is 10.6 Å². The van der Waals surface area contributed by atoms with Crippen LogP contribution in [-0.4, -0.2) is 13.1 Å². The lowest BCUT2D eigenvalue weighted by Gasteiger charge is -2.11. The van der Waals surface area contributed by atoms with Crippen molar-refractivity contribution in [1.29, 1.82) is 0 Å². The maximum absolute atomic E-state index is 6.10. The second-order valence-corrected chi connectivity index (χ2v) is 5.61. The zero-order valence-corrected chi connectivity index (χ0v) is 13.3. The SMILES string of the molecule is Cc1ccc(NCCNc2cccc(Cl)c2Cl)cc1Cl. The summed E-state index contributed by atoms with van der Waals surface area (Å²) in [5.74, 6) is 0. The van der Waals surface area contributed by atoms with Crippen LogP contribution in [0.15, 0.2) is 36.4 Å². The summed E-state index contributed by atoms with van der Waals surface area (Å²) in [5.41, 5.74) is 2.91. The van der Waals surface area contributed by atoms with Gasteiger partial charge in [0.05, 0.1) is 15.7 Å². The quantitative estimate of drug-likeness (QED) is 0.710. The molecule has 2 N–H and O–H groups in total. The number of benzene rings is 2. The molecule has 0 fully saturated rings. The van der Waals surface area contributed by atoms with Gasteiger partial charge in [0, 0.05) is 23.8 Å². The zero-order chi connectivity index (χ0) is 14.5. The van der Waals surface area contributed by atoms with Crippen molar-refractivity contribution in [2.75, 3.05) is 23.7 Å². The van der Waals surface area contributed by atoms with Crippen molar-refractivity contribution >= 4 is 46.2 Å². The summed E-state index contributed by atoms with van der Waals surface area (Å²) in [6.45, 7) is 3.46. The fraction of sp³-hybridized carbons (Fsp3) is 0.200. The molecule has 2 nitrogen and oxygen atoms in total. The number of halogens is 3. The van der Waals surface area contributed by atoms with Crippen LogP contribution in [0.5, 0.6) is 0 Å². The van der Waals surface area contributed by atoms with E-state index in [-0.39, 0.29) is 0 Å². The highest BCUT2D eigenvalue weighted by atomic mass is 35.5. The third-order valence-corrected chi connectivity index (χ3v) is 4.12. The van der Waals surface area contributed by atoms with Gasteiger partial charge in [-0.2, -0.15) is 0 Å². The molecular weight excluding hydrogens is 315 g/mol. The Morgan fingerprint density at radius 1 is 0.900 bits per heavy atom. The fourth-order valence-corrected chi connectivity index (χ4v) is 2.30. The molecule has 0 heterocycles. The van der Waals surface area contributed by atoms with Crippen molar-refractivity contribution < 1.29 is 0 Å². The first-order valence-electron chi connectivity index (χ1n) is 6.26. The van der Waals surface area contributed by atoms with E-state index in [4.69, 9.17) is 34.8 Å². The van der Waals surface area contributed by atoms with Crippen LogP contribution in [-0.2, 0) is 0 Å². The van der Waals surface area contributed by atoms with E-state index in [0.29, 0.717) is 10.0 Å². The van der Waals surface area contributed by atoms with Gasteiger partial charge in [0.25, 0.3) is 0 Å². The van der Waals surface area contributed by atoms with Gasteiger partial charge in [-0.3, -0.25) is 0 Å². The lowest BCUT2D eigenvalue weighted by molar-refractivity contribution is 1.08. The molecule has 0 radical (unpaired) electrons. The summed E-state index contributed by atoms with van der Waals surface area (Å²) < 4.78 is 0. The van der Waals surface area contributed by atoms with E-state index in [0.717, 1.165) is 35.1 Å². The molecule has 0 aliphatic carbocycles. The van der Waals surface area contributed by atoms with Crippen LogP contribution < -0.4 is 10.6 Å². The average molecular weight is 330 g/mol. The van der Waals surface area contributed by atoms with Crippen LogP contribution in [0.25, 0.3) is 0 Å². The number of nitrogens with one attached hydrogen (secondary N) is 2. The normalized spacial score (nSPS) is 10.4. The van der Waals surface area contributed by atoms with E-state index in [1.165, 1.54) is 0 Å². The summed E-state index contributed by atoms with van der Waals surface area (Å²) in [6, 6.07) is 11.4. The molecule has 0 saturated carbocycles. The van der Waals surface area contributed by atoms with Gasteiger partial charge in [0.2, 0.25) is 0 Å². The Morgan fingerprint density at radius 2 is 1.65 bits per heavy atom. The highest BCUT2D eigenvalue weighted by molar-refractivity contribution is 6.43. The van der Waals surface area contributed by atoms with Crippen LogP contribution in [0.4, 0.5) is 11.4 Å². The number of rotatable bonds is 5. The Hall–Kier alpha value is -1.09. The largest absolute Gasteiger partial charge is 0.383 e. The van der Waals surface area contributed by atoms with Gasteiger partial charge in [0.15, 0.2) is 0 Å². The number of anilines is 2. The molecule has 0 aliphatic rings. The van der Waals surface area contributed by atoms with Gasteiger partial charge in [-0.1, -0.05) is 46.9 Å². The molecule has 5 heteroatoms. The fourth-order valence-electron chi connectivity index (χ4n) is 1.75. The molecule has 2 rings (SSSR count). The predicted molar refractivity (Wildman–Crippen MR) is 89.6 cm³/mol. The highest BCUT2D eigenvalue weighted by Crippen LogP contribution is 2.29. The minimum absolute atomic E-state index is 0.549. The third kappa shape index (κ3) is 3.95. The van der Waals surface area contributed by atoms with Crippen LogP contribution >= 0.6 is 34.8 Å². The lowest BCUT2D eigenvalue weighted by atomic mass is 10.2. The van der Waals surface area contributed by atoms with E-state index in [9.17, 15) is 0 Å². The predicted octanol–water partition coefficient (Wildman–Crippen LogP) is 5.48. The van der Waals surface area contributed by atoms with Crippen molar-refractivity contribution in [2.24, 2.45) is 0 Å². The molecule has 0 aromatic heterocycles.